The van der Waals surface area contributed by atoms with Gasteiger partial charge in [0.25, 0.3) is 0 Å². The van der Waals surface area contributed by atoms with E-state index in [1.165, 1.54) is 22.3 Å². The van der Waals surface area contributed by atoms with Crippen molar-refractivity contribution in [1.29, 1.82) is 0 Å². The normalized spacial score (nSPS) is 10.3. The first-order valence-electron chi connectivity index (χ1n) is 10.5. The fourth-order valence-corrected chi connectivity index (χ4v) is 3.59. The number of aldehydes is 1. The Morgan fingerprint density at radius 3 is 1.48 bits per heavy atom. The highest BCUT2D eigenvalue weighted by atomic mass is 16.1. The Labute approximate surface area is 183 Å². The predicted molar refractivity (Wildman–Crippen MR) is 130 cm³/mol. The van der Waals surface area contributed by atoms with Crippen LogP contribution in [0.4, 0.5) is 11.4 Å². The molecule has 0 aromatic heterocycles. The van der Waals surface area contributed by atoms with Crippen LogP contribution in [0.15, 0.2) is 115 Å². The molecule has 0 amide bonds. The Morgan fingerprint density at radius 1 is 0.581 bits per heavy atom. The van der Waals surface area contributed by atoms with Gasteiger partial charge in [0.1, 0.15) is 6.29 Å². The van der Waals surface area contributed by atoms with Gasteiger partial charge in [-0.2, -0.15) is 0 Å². The number of nitrogens with one attached hydrogen (secondary N) is 1. The van der Waals surface area contributed by atoms with E-state index in [2.05, 4.69) is 96.3 Å². The average Bonchev–Trinajstić information content (AvgIpc) is 2.82. The van der Waals surface area contributed by atoms with Crippen LogP contribution in [-0.4, -0.2) is 6.29 Å². The van der Waals surface area contributed by atoms with E-state index in [1.54, 1.807) is 0 Å². The van der Waals surface area contributed by atoms with Crippen LogP contribution in [0, 0.1) is 0 Å². The van der Waals surface area contributed by atoms with Gasteiger partial charge in [0.05, 0.1) is 0 Å². The molecule has 0 heterocycles. The van der Waals surface area contributed by atoms with Crippen LogP contribution in [-0.2, 0) is 12.8 Å². The third-order valence-corrected chi connectivity index (χ3v) is 5.16. The van der Waals surface area contributed by atoms with E-state index in [4.69, 9.17) is 0 Å². The maximum absolute atomic E-state index is 10.8. The van der Waals surface area contributed by atoms with Crippen molar-refractivity contribution in [2.75, 3.05) is 5.32 Å². The van der Waals surface area contributed by atoms with E-state index in [1.807, 2.05) is 24.3 Å². The summed E-state index contributed by atoms with van der Waals surface area (Å²) in [5.41, 5.74) is 7.86. The molecule has 2 nitrogen and oxygen atoms in total. The van der Waals surface area contributed by atoms with Crippen LogP contribution in [0.25, 0.3) is 6.08 Å². The smallest absolute Gasteiger partial charge is 0.150 e. The first-order valence-corrected chi connectivity index (χ1v) is 10.5. The molecule has 0 bridgehead atoms. The molecular weight excluding hydrogens is 378 g/mol. The zero-order valence-electron chi connectivity index (χ0n) is 17.4. The summed E-state index contributed by atoms with van der Waals surface area (Å²) in [5.74, 6) is 0. The first-order chi connectivity index (χ1) is 15.3. The Morgan fingerprint density at radius 2 is 1.03 bits per heavy atom. The zero-order valence-corrected chi connectivity index (χ0v) is 17.4. The highest BCUT2D eigenvalue weighted by Crippen LogP contribution is 2.21. The van der Waals surface area contributed by atoms with Crippen molar-refractivity contribution in [3.63, 3.8) is 0 Å². The lowest BCUT2D eigenvalue weighted by atomic mass is 9.96. The van der Waals surface area contributed by atoms with E-state index in [-0.39, 0.29) is 0 Å². The molecular formula is C29H25NO. The highest BCUT2D eigenvalue weighted by Gasteiger charge is 2.03. The standard InChI is InChI=1S/C29H25NO/c31-22-26-13-17-29(18-14-26)30-28-15-11-25(12-16-28)21-27(19-23-7-3-1-4-8-23)20-24-9-5-2-6-10-24/h1-18,21-22,30H,19-20H2. The highest BCUT2D eigenvalue weighted by molar-refractivity contribution is 5.76. The topological polar surface area (TPSA) is 29.1 Å². The van der Waals surface area contributed by atoms with Gasteiger partial charge in [-0.1, -0.05) is 84.4 Å². The molecule has 4 rings (SSSR count). The summed E-state index contributed by atoms with van der Waals surface area (Å²) >= 11 is 0. The number of hydrogen-bond donors (Lipinski definition) is 1. The molecule has 1 N–H and O–H groups in total. The van der Waals surface area contributed by atoms with Crippen molar-refractivity contribution in [3.05, 3.63) is 137 Å². The molecule has 0 unspecified atom stereocenters. The fourth-order valence-electron chi connectivity index (χ4n) is 3.59. The van der Waals surface area contributed by atoms with Crippen LogP contribution >= 0.6 is 0 Å². The summed E-state index contributed by atoms with van der Waals surface area (Å²) in [7, 11) is 0. The van der Waals surface area contributed by atoms with E-state index in [0.29, 0.717) is 5.56 Å². The molecule has 152 valence electrons. The third-order valence-electron chi connectivity index (χ3n) is 5.16. The summed E-state index contributed by atoms with van der Waals surface area (Å²) < 4.78 is 0. The molecule has 31 heavy (non-hydrogen) atoms. The quantitative estimate of drug-likeness (QED) is 0.318. The molecule has 0 atom stereocenters. The van der Waals surface area contributed by atoms with Crippen LogP contribution in [0.1, 0.15) is 27.0 Å². The van der Waals surface area contributed by atoms with Crippen molar-refractivity contribution in [2.45, 2.75) is 12.8 Å². The van der Waals surface area contributed by atoms with Gasteiger partial charge in [-0.25, -0.2) is 0 Å². The van der Waals surface area contributed by atoms with Crippen molar-refractivity contribution < 1.29 is 4.79 Å². The first kappa shape index (κ1) is 20.4. The molecule has 4 aromatic carbocycles. The Hall–Kier alpha value is -3.91. The Balaban J connectivity index is 1.52. The predicted octanol–water partition coefficient (Wildman–Crippen LogP) is 7.11. The molecule has 0 aliphatic carbocycles. The second kappa shape index (κ2) is 10.2. The number of carbonyl (C=O) groups is 1. The van der Waals surface area contributed by atoms with Gasteiger partial charge in [0.2, 0.25) is 0 Å². The van der Waals surface area contributed by atoms with Crippen molar-refractivity contribution >= 4 is 23.7 Å². The van der Waals surface area contributed by atoms with Crippen LogP contribution < -0.4 is 5.32 Å². The summed E-state index contributed by atoms with van der Waals surface area (Å²) in [6.07, 6.45) is 5.01. The van der Waals surface area contributed by atoms with Crippen molar-refractivity contribution in [3.8, 4) is 0 Å². The molecule has 0 fully saturated rings. The van der Waals surface area contributed by atoms with Gasteiger partial charge >= 0.3 is 0 Å². The van der Waals surface area contributed by atoms with Crippen LogP contribution in [0.2, 0.25) is 0 Å². The minimum atomic E-state index is 0.676. The maximum Gasteiger partial charge on any atom is 0.150 e. The second-order valence-corrected chi connectivity index (χ2v) is 7.61. The van der Waals surface area contributed by atoms with E-state index in [0.717, 1.165) is 30.5 Å². The molecule has 0 spiro atoms. The number of anilines is 2. The van der Waals surface area contributed by atoms with Crippen LogP contribution in [0.3, 0.4) is 0 Å². The lowest BCUT2D eigenvalue weighted by molar-refractivity contribution is 0.112. The molecule has 4 aromatic rings. The number of benzene rings is 4. The largest absolute Gasteiger partial charge is 0.356 e. The lowest BCUT2D eigenvalue weighted by Gasteiger charge is -2.10. The summed E-state index contributed by atoms with van der Waals surface area (Å²) in [4.78, 5) is 10.8. The van der Waals surface area contributed by atoms with Crippen molar-refractivity contribution in [2.24, 2.45) is 0 Å². The third kappa shape index (κ3) is 6.03. The Bertz CT molecular complexity index is 1090. The fraction of sp³-hybridized carbons (Fsp3) is 0.0690. The van der Waals surface area contributed by atoms with Gasteiger partial charge in [0.15, 0.2) is 0 Å². The monoisotopic (exact) mass is 403 g/mol. The molecule has 0 aliphatic heterocycles. The number of rotatable bonds is 8. The van der Waals surface area contributed by atoms with Crippen LogP contribution in [0.5, 0.6) is 0 Å². The Kier molecular flexibility index (Phi) is 6.71. The van der Waals surface area contributed by atoms with E-state index >= 15 is 0 Å². The van der Waals surface area contributed by atoms with E-state index < -0.39 is 0 Å². The average molecular weight is 404 g/mol. The number of hydrogen-bond acceptors (Lipinski definition) is 2. The van der Waals surface area contributed by atoms with E-state index in [9.17, 15) is 4.79 Å². The van der Waals surface area contributed by atoms with Gasteiger partial charge in [-0.15, -0.1) is 0 Å². The molecule has 2 heteroatoms. The lowest BCUT2D eigenvalue weighted by Crippen LogP contribution is -1.96. The zero-order chi connectivity index (χ0) is 21.3. The minimum absolute atomic E-state index is 0.676. The molecule has 0 aliphatic rings. The van der Waals surface area contributed by atoms with Crippen molar-refractivity contribution in [1.82, 2.24) is 0 Å². The molecule has 0 radical (unpaired) electrons. The summed E-state index contributed by atoms with van der Waals surface area (Å²) in [5, 5.41) is 3.38. The van der Waals surface area contributed by atoms with Gasteiger partial charge < -0.3 is 5.32 Å². The molecule has 0 saturated carbocycles. The minimum Gasteiger partial charge on any atom is -0.356 e. The molecule has 0 saturated heterocycles. The van der Waals surface area contributed by atoms with Gasteiger partial charge in [-0.05, 0) is 65.9 Å². The SMILES string of the molecule is O=Cc1ccc(Nc2ccc(C=C(Cc3ccccc3)Cc3ccccc3)cc2)cc1. The number of allylic oxidation sites excluding steroid dienone is 1. The van der Waals surface area contributed by atoms with Gasteiger partial charge in [0, 0.05) is 16.9 Å². The maximum atomic E-state index is 10.8. The summed E-state index contributed by atoms with van der Waals surface area (Å²) in [6, 6.07) is 37.1. The summed E-state index contributed by atoms with van der Waals surface area (Å²) in [6.45, 7) is 0. The van der Waals surface area contributed by atoms with Gasteiger partial charge in [-0.3, -0.25) is 4.79 Å². The number of carbonyl (C=O) groups excluding carboxylic acids is 1. The second-order valence-electron chi connectivity index (χ2n) is 7.61.